The summed E-state index contributed by atoms with van der Waals surface area (Å²) in [6.07, 6.45) is 2.73. The average Bonchev–Trinajstić information content (AvgIpc) is 3.17. The van der Waals surface area contributed by atoms with Crippen LogP contribution in [0.1, 0.15) is 45.2 Å². The molecule has 2 atom stereocenters. The maximum atomic E-state index is 3.79. The molecule has 0 aromatic heterocycles. The Hall–Kier alpha value is -1.34. The van der Waals surface area contributed by atoms with Crippen molar-refractivity contribution >= 4 is 10.8 Å². The summed E-state index contributed by atoms with van der Waals surface area (Å²) < 4.78 is 0. The Bertz CT molecular complexity index is 578. The minimum absolute atomic E-state index is 0.401. The van der Waals surface area contributed by atoms with Gasteiger partial charge in [-0.25, -0.2) is 0 Å². The second-order valence-electron chi connectivity index (χ2n) is 6.33. The molecule has 0 bridgehead atoms. The van der Waals surface area contributed by atoms with Crippen LogP contribution < -0.4 is 5.32 Å². The van der Waals surface area contributed by atoms with E-state index in [0.717, 1.165) is 0 Å². The molecule has 0 heterocycles. The number of hydrogen-bond acceptors (Lipinski definition) is 1. The first-order chi connectivity index (χ1) is 9.10. The molecule has 0 saturated heterocycles. The zero-order valence-corrected chi connectivity index (χ0v) is 12.1. The van der Waals surface area contributed by atoms with Crippen LogP contribution in [0.2, 0.25) is 0 Å². The first kappa shape index (κ1) is 12.7. The molecule has 19 heavy (non-hydrogen) atoms. The first-order valence-electron chi connectivity index (χ1n) is 7.34. The third-order valence-electron chi connectivity index (χ3n) is 4.87. The Morgan fingerprint density at radius 3 is 2.42 bits per heavy atom. The lowest BCUT2D eigenvalue weighted by Gasteiger charge is -2.26. The monoisotopic (exact) mass is 253 g/mol. The Kier molecular flexibility index (Phi) is 3.10. The third-order valence-corrected chi connectivity index (χ3v) is 4.87. The van der Waals surface area contributed by atoms with Gasteiger partial charge in [0.05, 0.1) is 0 Å². The Morgan fingerprint density at radius 1 is 1.00 bits per heavy atom. The van der Waals surface area contributed by atoms with Crippen molar-refractivity contribution in [1.82, 2.24) is 5.32 Å². The second kappa shape index (κ2) is 4.64. The van der Waals surface area contributed by atoms with Crippen LogP contribution in [0.15, 0.2) is 42.5 Å². The second-order valence-corrected chi connectivity index (χ2v) is 6.33. The third kappa shape index (κ3) is 2.40. The van der Waals surface area contributed by atoms with Crippen molar-refractivity contribution in [3.63, 3.8) is 0 Å². The minimum atomic E-state index is 0.401. The molecule has 1 aliphatic rings. The Labute approximate surface area is 116 Å². The van der Waals surface area contributed by atoms with Crippen LogP contribution in [0, 0.1) is 5.41 Å². The zero-order valence-electron chi connectivity index (χ0n) is 12.1. The highest BCUT2D eigenvalue weighted by Gasteiger charge is 2.42. The molecule has 1 aliphatic carbocycles. The van der Waals surface area contributed by atoms with Crippen LogP contribution in [0.25, 0.3) is 10.8 Å². The molecule has 1 N–H and O–H groups in total. The molecule has 1 fully saturated rings. The molecule has 0 amide bonds. The molecule has 0 radical (unpaired) electrons. The fourth-order valence-electron chi connectivity index (χ4n) is 2.92. The van der Waals surface area contributed by atoms with Gasteiger partial charge in [0.15, 0.2) is 0 Å². The van der Waals surface area contributed by atoms with E-state index in [1.165, 1.54) is 29.2 Å². The lowest BCUT2D eigenvalue weighted by molar-refractivity contribution is 0.351. The number of benzene rings is 2. The van der Waals surface area contributed by atoms with Gasteiger partial charge >= 0.3 is 0 Å². The van der Waals surface area contributed by atoms with E-state index >= 15 is 0 Å². The van der Waals surface area contributed by atoms with Gasteiger partial charge in [0.25, 0.3) is 0 Å². The number of fused-ring (bicyclic) bond motifs is 1. The van der Waals surface area contributed by atoms with Crippen molar-refractivity contribution in [2.24, 2.45) is 5.41 Å². The van der Waals surface area contributed by atoms with Crippen molar-refractivity contribution in [2.75, 3.05) is 0 Å². The van der Waals surface area contributed by atoms with E-state index in [1.807, 2.05) is 0 Å². The molecule has 2 aromatic rings. The first-order valence-corrected chi connectivity index (χ1v) is 7.34. The molecule has 2 unspecified atom stereocenters. The van der Waals surface area contributed by atoms with Crippen molar-refractivity contribution < 1.29 is 0 Å². The molecule has 100 valence electrons. The van der Waals surface area contributed by atoms with Crippen LogP contribution in [0.3, 0.4) is 0 Å². The summed E-state index contributed by atoms with van der Waals surface area (Å²) in [6.45, 7) is 7.00. The van der Waals surface area contributed by atoms with Gasteiger partial charge in [-0.15, -0.1) is 0 Å². The van der Waals surface area contributed by atoms with Crippen LogP contribution in [0.5, 0.6) is 0 Å². The van der Waals surface area contributed by atoms with Crippen molar-refractivity contribution in [3.05, 3.63) is 48.0 Å². The standard InChI is InChI=1S/C18H23N/c1-13(19-14(2)18(3)11-12-18)16-10-6-8-15-7-4-5-9-17(15)16/h4-10,13-14,19H,11-12H2,1-3H3. The van der Waals surface area contributed by atoms with E-state index in [-0.39, 0.29) is 0 Å². The van der Waals surface area contributed by atoms with Gasteiger partial charge in [-0.2, -0.15) is 0 Å². The van der Waals surface area contributed by atoms with Crippen LogP contribution in [-0.4, -0.2) is 6.04 Å². The molecule has 0 spiro atoms. The quantitative estimate of drug-likeness (QED) is 0.834. The predicted octanol–water partition coefficient (Wildman–Crippen LogP) is 4.68. The zero-order chi connectivity index (χ0) is 13.5. The number of nitrogens with one attached hydrogen (secondary N) is 1. The van der Waals surface area contributed by atoms with Crippen molar-refractivity contribution in [2.45, 2.75) is 45.7 Å². The summed E-state index contributed by atoms with van der Waals surface area (Å²) >= 11 is 0. The lowest BCUT2D eigenvalue weighted by Crippen LogP contribution is -2.35. The van der Waals surface area contributed by atoms with E-state index in [1.54, 1.807) is 0 Å². The van der Waals surface area contributed by atoms with E-state index < -0.39 is 0 Å². The minimum Gasteiger partial charge on any atom is -0.307 e. The van der Waals surface area contributed by atoms with E-state index in [0.29, 0.717) is 17.5 Å². The largest absolute Gasteiger partial charge is 0.307 e. The Balaban J connectivity index is 1.87. The maximum Gasteiger partial charge on any atom is 0.0300 e. The summed E-state index contributed by atoms with van der Waals surface area (Å²) in [6, 6.07) is 16.3. The fraction of sp³-hybridized carbons (Fsp3) is 0.444. The van der Waals surface area contributed by atoms with Gasteiger partial charge in [0.2, 0.25) is 0 Å². The van der Waals surface area contributed by atoms with Crippen LogP contribution in [0.4, 0.5) is 0 Å². The van der Waals surface area contributed by atoms with Crippen molar-refractivity contribution in [1.29, 1.82) is 0 Å². The van der Waals surface area contributed by atoms with E-state index in [4.69, 9.17) is 0 Å². The van der Waals surface area contributed by atoms with E-state index in [2.05, 4.69) is 68.6 Å². The van der Waals surface area contributed by atoms with Gasteiger partial charge in [-0.3, -0.25) is 0 Å². The summed E-state index contributed by atoms with van der Waals surface area (Å²) in [5, 5.41) is 6.50. The molecule has 1 nitrogen and oxygen atoms in total. The van der Waals surface area contributed by atoms with Gasteiger partial charge in [0, 0.05) is 12.1 Å². The molecule has 0 aliphatic heterocycles. The lowest BCUT2D eigenvalue weighted by atomic mass is 9.96. The highest BCUT2D eigenvalue weighted by Crippen LogP contribution is 2.48. The highest BCUT2D eigenvalue weighted by molar-refractivity contribution is 5.86. The van der Waals surface area contributed by atoms with Crippen LogP contribution in [-0.2, 0) is 0 Å². The van der Waals surface area contributed by atoms with Crippen LogP contribution >= 0.6 is 0 Å². The molecule has 1 heteroatoms. The average molecular weight is 253 g/mol. The fourth-order valence-corrected chi connectivity index (χ4v) is 2.92. The van der Waals surface area contributed by atoms with Gasteiger partial charge < -0.3 is 5.32 Å². The summed E-state index contributed by atoms with van der Waals surface area (Å²) in [4.78, 5) is 0. The Morgan fingerprint density at radius 2 is 1.68 bits per heavy atom. The normalized spacial score (nSPS) is 20.2. The van der Waals surface area contributed by atoms with Gasteiger partial charge in [-0.1, -0.05) is 49.4 Å². The summed E-state index contributed by atoms with van der Waals surface area (Å²) in [5.41, 5.74) is 1.94. The number of rotatable bonds is 4. The topological polar surface area (TPSA) is 12.0 Å². The number of hydrogen-bond donors (Lipinski definition) is 1. The van der Waals surface area contributed by atoms with E-state index in [9.17, 15) is 0 Å². The molecule has 2 aromatic carbocycles. The van der Waals surface area contributed by atoms with Gasteiger partial charge in [0.1, 0.15) is 0 Å². The van der Waals surface area contributed by atoms with Gasteiger partial charge in [-0.05, 0) is 48.4 Å². The molecule has 1 saturated carbocycles. The smallest absolute Gasteiger partial charge is 0.0300 e. The molecular formula is C18H23N. The SMILES string of the molecule is CC(NC(C)C1(C)CC1)c1cccc2ccccc12. The molecule has 3 rings (SSSR count). The summed E-state index contributed by atoms with van der Waals surface area (Å²) in [7, 11) is 0. The maximum absolute atomic E-state index is 3.79. The summed E-state index contributed by atoms with van der Waals surface area (Å²) in [5.74, 6) is 0. The van der Waals surface area contributed by atoms with Crippen molar-refractivity contribution in [3.8, 4) is 0 Å². The highest BCUT2D eigenvalue weighted by atomic mass is 15.0. The predicted molar refractivity (Wildman–Crippen MR) is 82.3 cm³/mol. The molecular weight excluding hydrogens is 230 g/mol.